The Kier molecular flexibility index (Phi) is 7.78. The van der Waals surface area contributed by atoms with Crippen molar-refractivity contribution in [1.82, 2.24) is 9.80 Å². The number of carbonyl (C=O) groups is 1. The van der Waals surface area contributed by atoms with Crippen LogP contribution in [0.25, 0.3) is 0 Å². The number of rotatable bonds is 9. The molecule has 0 bridgehead atoms. The molecule has 2 aliphatic rings. The minimum absolute atomic E-state index is 0.0218. The highest BCUT2D eigenvalue weighted by Crippen LogP contribution is 2.32. The molecule has 0 aromatic heterocycles. The lowest BCUT2D eigenvalue weighted by Gasteiger charge is -2.35. The maximum absolute atomic E-state index is 13.5. The predicted octanol–water partition coefficient (Wildman–Crippen LogP) is 3.83. The third kappa shape index (κ3) is 5.91. The molecule has 2 heterocycles. The summed E-state index contributed by atoms with van der Waals surface area (Å²) in [5, 5.41) is 0. The third-order valence-electron chi connectivity index (χ3n) is 6.66. The van der Waals surface area contributed by atoms with Crippen molar-refractivity contribution in [2.75, 3.05) is 37.2 Å². The zero-order chi connectivity index (χ0) is 24.1. The maximum atomic E-state index is 13.5. The SMILES string of the molecule is CCCS(=O)(=O)Nc1ccc2c(c1)CCC(C(=O)N(C)C(CN1CCCC1)c1ccccc1)O2. The Morgan fingerprint density at radius 3 is 2.62 bits per heavy atom. The second-order valence-electron chi connectivity index (χ2n) is 9.27. The first-order valence-electron chi connectivity index (χ1n) is 12.2. The van der Waals surface area contributed by atoms with Crippen LogP contribution in [-0.2, 0) is 21.2 Å². The molecular formula is C26H35N3O4S. The highest BCUT2D eigenvalue weighted by atomic mass is 32.2. The van der Waals surface area contributed by atoms with Gasteiger partial charge in [0.15, 0.2) is 6.10 Å². The Labute approximate surface area is 203 Å². The first-order valence-corrected chi connectivity index (χ1v) is 13.9. The minimum Gasteiger partial charge on any atom is -0.480 e. The van der Waals surface area contributed by atoms with E-state index in [4.69, 9.17) is 4.74 Å². The van der Waals surface area contributed by atoms with Gasteiger partial charge < -0.3 is 14.5 Å². The summed E-state index contributed by atoms with van der Waals surface area (Å²) >= 11 is 0. The lowest BCUT2D eigenvalue weighted by Crippen LogP contribution is -2.46. The molecule has 0 spiro atoms. The van der Waals surface area contributed by atoms with Gasteiger partial charge in [0, 0.05) is 19.3 Å². The van der Waals surface area contributed by atoms with Crippen molar-refractivity contribution >= 4 is 21.6 Å². The summed E-state index contributed by atoms with van der Waals surface area (Å²) in [4.78, 5) is 17.8. The number of fused-ring (bicyclic) bond motifs is 1. The fraction of sp³-hybridized carbons (Fsp3) is 0.500. The number of anilines is 1. The quantitative estimate of drug-likeness (QED) is 0.584. The Bertz CT molecular complexity index is 1080. The van der Waals surface area contributed by atoms with Crippen molar-refractivity contribution in [3.8, 4) is 5.75 Å². The van der Waals surface area contributed by atoms with E-state index in [9.17, 15) is 13.2 Å². The van der Waals surface area contributed by atoms with Crippen LogP contribution in [0, 0.1) is 0 Å². The average molecular weight is 486 g/mol. The molecule has 2 atom stereocenters. The van der Waals surface area contributed by atoms with Crippen LogP contribution < -0.4 is 9.46 Å². The highest BCUT2D eigenvalue weighted by Gasteiger charge is 2.33. The van der Waals surface area contributed by atoms with E-state index in [1.165, 1.54) is 12.8 Å². The Hall–Kier alpha value is -2.58. The summed E-state index contributed by atoms with van der Waals surface area (Å²) in [6, 6.07) is 15.4. The number of ether oxygens (including phenoxy) is 1. The van der Waals surface area contributed by atoms with E-state index in [1.807, 2.05) is 43.1 Å². The Morgan fingerprint density at radius 1 is 1.18 bits per heavy atom. The molecule has 1 N–H and O–H groups in total. The van der Waals surface area contributed by atoms with Crippen molar-refractivity contribution in [3.05, 3.63) is 59.7 Å². The third-order valence-corrected chi connectivity index (χ3v) is 8.15. The van der Waals surface area contributed by atoms with Crippen LogP contribution in [0.4, 0.5) is 5.69 Å². The van der Waals surface area contributed by atoms with Crippen LogP contribution in [-0.4, -0.2) is 62.7 Å². The number of hydrogen-bond donors (Lipinski definition) is 1. The molecule has 1 fully saturated rings. The van der Waals surface area contributed by atoms with Crippen molar-refractivity contribution in [3.63, 3.8) is 0 Å². The molecule has 2 unspecified atom stereocenters. The van der Waals surface area contributed by atoms with Gasteiger partial charge in [0.25, 0.3) is 5.91 Å². The number of amides is 1. The molecule has 4 rings (SSSR count). The van der Waals surface area contributed by atoms with Crippen LogP contribution in [0.3, 0.4) is 0 Å². The number of carbonyl (C=O) groups excluding carboxylic acids is 1. The van der Waals surface area contributed by atoms with Gasteiger partial charge in [-0.2, -0.15) is 0 Å². The summed E-state index contributed by atoms with van der Waals surface area (Å²) in [6.45, 7) is 4.80. The van der Waals surface area contributed by atoms with Gasteiger partial charge in [0.05, 0.1) is 11.8 Å². The van der Waals surface area contributed by atoms with Crippen molar-refractivity contribution in [2.45, 2.75) is 51.2 Å². The highest BCUT2D eigenvalue weighted by molar-refractivity contribution is 7.92. The van der Waals surface area contributed by atoms with Gasteiger partial charge in [0.2, 0.25) is 10.0 Å². The van der Waals surface area contributed by atoms with Gasteiger partial charge in [-0.05, 0) is 74.5 Å². The lowest BCUT2D eigenvalue weighted by molar-refractivity contribution is -0.140. The molecule has 0 aliphatic carbocycles. The number of aryl methyl sites for hydroxylation is 1. The van der Waals surface area contributed by atoms with E-state index in [-0.39, 0.29) is 17.7 Å². The van der Waals surface area contributed by atoms with Gasteiger partial charge >= 0.3 is 0 Å². The van der Waals surface area contributed by atoms with Gasteiger partial charge in [0.1, 0.15) is 5.75 Å². The van der Waals surface area contributed by atoms with E-state index in [0.717, 1.165) is 30.8 Å². The summed E-state index contributed by atoms with van der Waals surface area (Å²) in [6.07, 6.45) is 3.64. The molecule has 8 heteroatoms. The molecule has 34 heavy (non-hydrogen) atoms. The monoisotopic (exact) mass is 485 g/mol. The molecule has 2 aromatic rings. The summed E-state index contributed by atoms with van der Waals surface area (Å²) in [5.41, 5.74) is 2.58. The first-order chi connectivity index (χ1) is 16.4. The van der Waals surface area contributed by atoms with Crippen molar-refractivity contribution in [1.29, 1.82) is 0 Å². The Balaban J connectivity index is 1.46. The molecule has 0 radical (unpaired) electrons. The number of nitrogens with one attached hydrogen (secondary N) is 1. The first kappa shape index (κ1) is 24.5. The fourth-order valence-electron chi connectivity index (χ4n) is 4.84. The molecule has 2 aliphatic heterocycles. The van der Waals surface area contributed by atoms with Crippen LogP contribution in [0.1, 0.15) is 49.8 Å². The minimum atomic E-state index is -3.35. The van der Waals surface area contributed by atoms with Gasteiger partial charge in [-0.15, -0.1) is 0 Å². The standard InChI is InChI=1S/C26H35N3O4S/c1-3-17-34(31,32)27-22-12-14-24-21(18-22)11-13-25(33-24)26(30)28(2)23(19-29-15-7-8-16-29)20-9-5-4-6-10-20/h4-6,9-10,12,14,18,23,25,27H,3,7-8,11,13,15-17,19H2,1-2H3. The summed E-state index contributed by atoms with van der Waals surface area (Å²) in [7, 11) is -1.47. The number of sulfonamides is 1. The molecule has 2 aromatic carbocycles. The van der Waals surface area contributed by atoms with Gasteiger partial charge in [-0.3, -0.25) is 9.52 Å². The maximum Gasteiger partial charge on any atom is 0.263 e. The largest absolute Gasteiger partial charge is 0.480 e. The summed E-state index contributed by atoms with van der Waals surface area (Å²) in [5.74, 6) is 0.711. The summed E-state index contributed by atoms with van der Waals surface area (Å²) < 4.78 is 32.9. The molecular weight excluding hydrogens is 450 g/mol. The normalized spacial score (nSPS) is 19.2. The van der Waals surface area contributed by atoms with E-state index in [0.29, 0.717) is 30.7 Å². The van der Waals surface area contributed by atoms with Gasteiger partial charge in [-0.25, -0.2) is 8.42 Å². The van der Waals surface area contributed by atoms with E-state index >= 15 is 0 Å². The zero-order valence-corrected chi connectivity index (χ0v) is 20.9. The average Bonchev–Trinajstić information content (AvgIpc) is 3.35. The van der Waals surface area contributed by atoms with Crippen LogP contribution in [0.15, 0.2) is 48.5 Å². The zero-order valence-electron chi connectivity index (χ0n) is 20.1. The van der Waals surface area contributed by atoms with Crippen LogP contribution >= 0.6 is 0 Å². The molecule has 0 saturated carbocycles. The second-order valence-corrected chi connectivity index (χ2v) is 11.1. The molecule has 1 saturated heterocycles. The molecule has 184 valence electrons. The van der Waals surface area contributed by atoms with Crippen molar-refractivity contribution in [2.24, 2.45) is 0 Å². The number of hydrogen-bond acceptors (Lipinski definition) is 5. The van der Waals surface area contributed by atoms with E-state index in [2.05, 4.69) is 21.8 Å². The van der Waals surface area contributed by atoms with E-state index < -0.39 is 16.1 Å². The number of likely N-dealkylation sites (N-methyl/N-ethyl adjacent to an activating group) is 1. The number of nitrogens with zero attached hydrogens (tertiary/aromatic N) is 2. The fourth-order valence-corrected chi connectivity index (χ4v) is 5.97. The van der Waals surface area contributed by atoms with E-state index in [1.54, 1.807) is 12.1 Å². The Morgan fingerprint density at radius 2 is 1.91 bits per heavy atom. The lowest BCUT2D eigenvalue weighted by atomic mass is 9.99. The molecule has 1 amide bonds. The smallest absolute Gasteiger partial charge is 0.263 e. The van der Waals surface area contributed by atoms with Crippen LogP contribution in [0.5, 0.6) is 5.75 Å². The van der Waals surface area contributed by atoms with Gasteiger partial charge in [-0.1, -0.05) is 37.3 Å². The topological polar surface area (TPSA) is 79.0 Å². The predicted molar refractivity (Wildman–Crippen MR) is 135 cm³/mol. The second kappa shape index (κ2) is 10.8. The molecule has 7 nitrogen and oxygen atoms in total. The van der Waals surface area contributed by atoms with Crippen LogP contribution in [0.2, 0.25) is 0 Å². The van der Waals surface area contributed by atoms with Crippen molar-refractivity contribution < 1.29 is 17.9 Å². The number of likely N-dealkylation sites (tertiary alicyclic amines) is 1. The number of benzene rings is 2.